The molecule has 1 unspecified atom stereocenters. The first-order valence-electron chi connectivity index (χ1n) is 15.4. The van der Waals surface area contributed by atoms with Gasteiger partial charge in [0.1, 0.15) is 23.9 Å². The van der Waals surface area contributed by atoms with Gasteiger partial charge in [-0.15, -0.1) is 0 Å². The molecule has 0 saturated heterocycles. The molecule has 0 spiro atoms. The monoisotopic (exact) mass is 616 g/mol. The number of hydrogen-bond donors (Lipinski definition) is 4. The number of hydrogen-bond acceptors (Lipinski definition) is 6. The van der Waals surface area contributed by atoms with E-state index in [1.807, 2.05) is 57.3 Å². The largest absolute Gasteiger partial charge is 0.508 e. The predicted octanol–water partition coefficient (Wildman–Crippen LogP) is 4.55. The Morgan fingerprint density at radius 1 is 0.911 bits per heavy atom. The lowest BCUT2D eigenvalue weighted by Crippen LogP contribution is -2.55. The van der Waals surface area contributed by atoms with Crippen molar-refractivity contribution in [2.75, 3.05) is 7.05 Å². The molecule has 0 saturated carbocycles. The maximum Gasteiger partial charge on any atom is 0.308 e. The lowest BCUT2D eigenvalue weighted by atomic mass is 9.96. The van der Waals surface area contributed by atoms with Crippen molar-refractivity contribution in [2.45, 2.75) is 78.1 Å². The molecule has 4 rings (SSSR count). The highest BCUT2D eigenvalue weighted by atomic mass is 16.5. The van der Waals surface area contributed by atoms with Crippen molar-refractivity contribution >= 4 is 34.6 Å². The minimum absolute atomic E-state index is 0.0466. The van der Waals surface area contributed by atoms with E-state index in [0.29, 0.717) is 12.0 Å². The van der Waals surface area contributed by atoms with Gasteiger partial charge in [-0.05, 0) is 56.5 Å². The molecule has 4 N–H and O–H groups in total. The van der Waals surface area contributed by atoms with Crippen LogP contribution in [0.15, 0.2) is 66.4 Å². The molecule has 10 nitrogen and oxygen atoms in total. The van der Waals surface area contributed by atoms with Crippen LogP contribution in [0.3, 0.4) is 0 Å². The number of nitrogens with one attached hydrogen (secondary N) is 3. The van der Waals surface area contributed by atoms with E-state index in [1.165, 1.54) is 17.0 Å². The maximum atomic E-state index is 14.1. The summed E-state index contributed by atoms with van der Waals surface area (Å²) >= 11 is 0. The quantitative estimate of drug-likeness (QED) is 0.251. The molecule has 3 aromatic rings. The number of nitrogens with zero attached hydrogens (tertiary/aromatic N) is 1. The average Bonchev–Trinajstić information content (AvgIpc) is 3.41. The molecule has 2 heterocycles. The number of carbonyl (C=O) groups is 4. The van der Waals surface area contributed by atoms with Crippen molar-refractivity contribution in [3.05, 3.63) is 77.5 Å². The number of likely N-dealkylation sites (N-methyl/N-ethyl adjacent to an activating group) is 1. The number of fused-ring (bicyclic) bond motifs is 1. The molecule has 6 atom stereocenters. The first kappa shape index (κ1) is 33.3. The lowest BCUT2D eigenvalue weighted by molar-refractivity contribution is -0.150. The van der Waals surface area contributed by atoms with E-state index in [9.17, 15) is 24.3 Å². The summed E-state index contributed by atoms with van der Waals surface area (Å²) in [6.07, 6.45) is 3.86. The Labute approximate surface area is 264 Å². The van der Waals surface area contributed by atoms with E-state index in [1.54, 1.807) is 33.0 Å². The fourth-order valence-corrected chi connectivity index (χ4v) is 5.77. The normalized spacial score (nSPS) is 26.4. The summed E-state index contributed by atoms with van der Waals surface area (Å²) in [5.41, 5.74) is 3.30. The van der Waals surface area contributed by atoms with Gasteiger partial charge in [-0.3, -0.25) is 19.2 Å². The molecule has 10 heteroatoms. The van der Waals surface area contributed by atoms with Crippen LogP contribution in [0.2, 0.25) is 0 Å². The van der Waals surface area contributed by atoms with Gasteiger partial charge in [0.15, 0.2) is 0 Å². The molecule has 240 valence electrons. The molecule has 3 amide bonds. The number of cyclic esters (lactones) is 1. The zero-order chi connectivity index (χ0) is 32.8. The van der Waals surface area contributed by atoms with Gasteiger partial charge in [0.2, 0.25) is 17.7 Å². The van der Waals surface area contributed by atoms with Crippen LogP contribution in [0, 0.1) is 11.8 Å². The minimum Gasteiger partial charge on any atom is -0.508 e. The number of amides is 3. The number of benzene rings is 2. The van der Waals surface area contributed by atoms with Gasteiger partial charge in [0.05, 0.1) is 12.5 Å². The third kappa shape index (κ3) is 8.32. The second kappa shape index (κ2) is 14.5. The van der Waals surface area contributed by atoms with Crippen LogP contribution < -0.4 is 10.6 Å². The van der Waals surface area contributed by atoms with Crippen molar-refractivity contribution in [2.24, 2.45) is 11.8 Å². The lowest BCUT2D eigenvalue weighted by Gasteiger charge is -2.32. The summed E-state index contributed by atoms with van der Waals surface area (Å²) in [6.45, 7) is 9.10. The molecule has 0 fully saturated rings. The van der Waals surface area contributed by atoms with E-state index >= 15 is 0 Å². The molecule has 2 aromatic carbocycles. The number of aromatic amines is 1. The zero-order valence-corrected chi connectivity index (χ0v) is 26.8. The molecule has 45 heavy (non-hydrogen) atoms. The van der Waals surface area contributed by atoms with Crippen molar-refractivity contribution in [1.29, 1.82) is 0 Å². The highest BCUT2D eigenvalue weighted by Gasteiger charge is 2.34. The molecule has 1 aliphatic heterocycles. The molecule has 1 aliphatic rings. The number of aromatic hydroxyl groups is 1. The summed E-state index contributed by atoms with van der Waals surface area (Å²) in [7, 11) is 1.55. The van der Waals surface area contributed by atoms with Crippen LogP contribution >= 0.6 is 0 Å². The fraction of sp³-hybridized carbons (Fsp3) is 0.429. The molecule has 0 bridgehead atoms. The SMILES string of the molecule is CC1=C[C@H](C)[C@@H](C)OC(=O)CC(c2ccc(O)cc2)NC(=O)[C@@H](Cc2c[nH]c3ccccc23)N(C)C(=O)[C@H](C)NC(=O)[C@@H](C)C1. The summed E-state index contributed by atoms with van der Waals surface area (Å²) in [5.74, 6) is -2.15. The van der Waals surface area contributed by atoms with Gasteiger partial charge in [-0.2, -0.15) is 0 Å². The Balaban J connectivity index is 1.73. The van der Waals surface area contributed by atoms with Crippen molar-refractivity contribution in [3.8, 4) is 5.75 Å². The van der Waals surface area contributed by atoms with Gasteiger partial charge in [-0.1, -0.05) is 55.8 Å². The van der Waals surface area contributed by atoms with E-state index in [4.69, 9.17) is 4.74 Å². The zero-order valence-electron chi connectivity index (χ0n) is 26.8. The Kier molecular flexibility index (Phi) is 10.7. The highest BCUT2D eigenvalue weighted by Crippen LogP contribution is 2.25. The summed E-state index contributed by atoms with van der Waals surface area (Å²) in [5, 5.41) is 16.6. The first-order chi connectivity index (χ1) is 21.3. The Hall–Kier alpha value is -4.60. The van der Waals surface area contributed by atoms with Crippen LogP contribution in [-0.2, 0) is 30.3 Å². The minimum atomic E-state index is -0.980. The molecule has 1 aromatic heterocycles. The number of aromatic nitrogens is 1. The molecular weight excluding hydrogens is 572 g/mol. The Morgan fingerprint density at radius 2 is 1.60 bits per heavy atom. The summed E-state index contributed by atoms with van der Waals surface area (Å²) < 4.78 is 5.80. The van der Waals surface area contributed by atoms with Crippen molar-refractivity contribution < 1.29 is 29.0 Å². The maximum absolute atomic E-state index is 14.1. The number of ether oxygens (including phenoxy) is 1. The van der Waals surface area contributed by atoms with Crippen molar-refractivity contribution in [3.63, 3.8) is 0 Å². The number of esters is 1. The van der Waals surface area contributed by atoms with E-state index < -0.39 is 47.9 Å². The standard InChI is InChI=1S/C35H44N4O6/c1-20-15-21(2)24(5)45-32(41)18-30(25-11-13-27(40)14-12-25)38-34(43)31(17-26-19-36-29-10-8-7-9-28(26)29)39(6)35(44)23(4)37-33(42)22(3)16-20/h7-15,19,21-24,30-31,36,40H,16-18H2,1-6H3,(H,37,42)(H,38,43)/t21-,22-,23-,24+,30?,31+/m0/s1. The Morgan fingerprint density at radius 3 is 2.31 bits per heavy atom. The van der Waals surface area contributed by atoms with E-state index in [2.05, 4.69) is 15.6 Å². The number of allylic oxidation sites excluding steroid dienone is 1. The first-order valence-corrected chi connectivity index (χ1v) is 15.4. The van der Waals surface area contributed by atoms with Crippen LogP contribution in [-0.4, -0.2) is 63.9 Å². The van der Waals surface area contributed by atoms with Gasteiger partial charge >= 0.3 is 5.97 Å². The van der Waals surface area contributed by atoms with Gasteiger partial charge in [0, 0.05) is 42.4 Å². The second-order valence-electron chi connectivity index (χ2n) is 12.3. The molecular formula is C35H44N4O6. The second-order valence-corrected chi connectivity index (χ2v) is 12.3. The number of H-pyrrole nitrogens is 1. The topological polar surface area (TPSA) is 141 Å². The molecule has 0 radical (unpaired) electrons. The summed E-state index contributed by atoms with van der Waals surface area (Å²) in [6, 6.07) is 11.3. The van der Waals surface area contributed by atoms with Crippen LogP contribution in [0.4, 0.5) is 0 Å². The van der Waals surface area contributed by atoms with Crippen LogP contribution in [0.25, 0.3) is 10.9 Å². The van der Waals surface area contributed by atoms with E-state index in [0.717, 1.165) is 22.0 Å². The average molecular weight is 617 g/mol. The van der Waals surface area contributed by atoms with Gasteiger partial charge in [0.25, 0.3) is 0 Å². The van der Waals surface area contributed by atoms with Gasteiger partial charge < -0.3 is 30.4 Å². The number of phenols is 1. The smallest absolute Gasteiger partial charge is 0.308 e. The molecule has 0 aliphatic carbocycles. The van der Waals surface area contributed by atoms with E-state index in [-0.39, 0.29) is 30.4 Å². The van der Waals surface area contributed by atoms with Crippen molar-refractivity contribution in [1.82, 2.24) is 20.5 Å². The number of carbonyl (C=O) groups excluding carboxylic acids is 4. The van der Waals surface area contributed by atoms with Crippen LogP contribution in [0.1, 0.15) is 64.6 Å². The number of para-hydroxylation sites is 1. The third-order valence-corrected chi connectivity index (χ3v) is 8.60. The van der Waals surface area contributed by atoms with Crippen LogP contribution in [0.5, 0.6) is 5.75 Å². The summed E-state index contributed by atoms with van der Waals surface area (Å²) in [4.78, 5) is 58.8. The van der Waals surface area contributed by atoms with Gasteiger partial charge in [-0.25, -0.2) is 0 Å². The Bertz CT molecular complexity index is 1560. The number of rotatable bonds is 3. The fourth-order valence-electron chi connectivity index (χ4n) is 5.77. The third-order valence-electron chi connectivity index (χ3n) is 8.60. The predicted molar refractivity (Wildman–Crippen MR) is 172 cm³/mol. The highest BCUT2D eigenvalue weighted by molar-refractivity contribution is 5.93. The number of phenolic OH excluding ortho intramolecular Hbond substituents is 1.